The Morgan fingerprint density at radius 2 is 1.90 bits per heavy atom. The lowest BCUT2D eigenvalue weighted by atomic mass is 9.81. The molecule has 1 saturated heterocycles. The number of hydrogen-bond donors (Lipinski definition) is 0. The predicted molar refractivity (Wildman–Crippen MR) is 86.5 cm³/mol. The van der Waals surface area contributed by atoms with Gasteiger partial charge in [0.25, 0.3) is 0 Å². The Labute approximate surface area is 128 Å². The highest BCUT2D eigenvalue weighted by atomic mass is 35.5. The largest absolute Gasteiger partial charge is 0.378 e. The molecule has 1 aliphatic rings. The van der Waals surface area contributed by atoms with Gasteiger partial charge in [0.05, 0.1) is 11.5 Å². The molecular weight excluding hydrogens is 268 g/mol. The standard InChI is InChI=1S/C18H27ClO/c1-5-16-15(11-12-20-16)17(19)13-7-9-14(10-8-13)18(3,4)6-2/h7-10,15-17H,5-6,11-12H2,1-4H3. The van der Waals surface area contributed by atoms with Crippen LogP contribution in [-0.4, -0.2) is 12.7 Å². The van der Waals surface area contributed by atoms with Crippen LogP contribution in [0.5, 0.6) is 0 Å². The lowest BCUT2D eigenvalue weighted by molar-refractivity contribution is 0.0864. The Hall–Kier alpha value is -0.530. The van der Waals surface area contributed by atoms with Gasteiger partial charge in [-0.15, -0.1) is 11.6 Å². The van der Waals surface area contributed by atoms with E-state index in [1.165, 1.54) is 11.1 Å². The van der Waals surface area contributed by atoms with Crippen LogP contribution < -0.4 is 0 Å². The molecule has 2 heteroatoms. The summed E-state index contributed by atoms with van der Waals surface area (Å²) in [4.78, 5) is 0. The third-order valence-electron chi connectivity index (χ3n) is 4.93. The summed E-state index contributed by atoms with van der Waals surface area (Å²) in [5.74, 6) is 0.451. The van der Waals surface area contributed by atoms with E-state index in [2.05, 4.69) is 52.0 Å². The van der Waals surface area contributed by atoms with E-state index in [9.17, 15) is 0 Å². The highest BCUT2D eigenvalue weighted by Crippen LogP contribution is 2.39. The van der Waals surface area contributed by atoms with Crippen LogP contribution in [0.3, 0.4) is 0 Å². The molecule has 1 aliphatic heterocycles. The van der Waals surface area contributed by atoms with Crippen LogP contribution in [0, 0.1) is 5.92 Å². The van der Waals surface area contributed by atoms with Gasteiger partial charge in [-0.1, -0.05) is 52.0 Å². The molecule has 1 fully saturated rings. The lowest BCUT2D eigenvalue weighted by Gasteiger charge is -2.25. The first-order chi connectivity index (χ1) is 9.49. The number of hydrogen-bond acceptors (Lipinski definition) is 1. The fraction of sp³-hybridized carbons (Fsp3) is 0.667. The fourth-order valence-electron chi connectivity index (χ4n) is 2.99. The van der Waals surface area contributed by atoms with Crippen molar-refractivity contribution in [2.45, 2.75) is 63.9 Å². The van der Waals surface area contributed by atoms with Gasteiger partial charge in [0.1, 0.15) is 0 Å². The van der Waals surface area contributed by atoms with E-state index in [1.54, 1.807) is 0 Å². The van der Waals surface area contributed by atoms with E-state index in [-0.39, 0.29) is 10.8 Å². The van der Waals surface area contributed by atoms with Crippen molar-refractivity contribution in [3.63, 3.8) is 0 Å². The maximum absolute atomic E-state index is 6.71. The summed E-state index contributed by atoms with van der Waals surface area (Å²) in [6.07, 6.45) is 3.60. The van der Waals surface area contributed by atoms with Gasteiger partial charge in [-0.05, 0) is 35.8 Å². The molecule has 0 N–H and O–H groups in total. The van der Waals surface area contributed by atoms with Crippen LogP contribution in [-0.2, 0) is 10.2 Å². The molecule has 3 atom stereocenters. The Morgan fingerprint density at radius 3 is 2.45 bits per heavy atom. The van der Waals surface area contributed by atoms with Crippen LogP contribution in [0.15, 0.2) is 24.3 Å². The summed E-state index contributed by atoms with van der Waals surface area (Å²) in [7, 11) is 0. The Bertz CT molecular complexity index is 424. The monoisotopic (exact) mass is 294 g/mol. The zero-order valence-corrected chi connectivity index (χ0v) is 13.9. The third kappa shape index (κ3) is 3.20. The molecule has 1 aromatic rings. The maximum Gasteiger partial charge on any atom is 0.0639 e. The van der Waals surface area contributed by atoms with Crippen LogP contribution >= 0.6 is 11.6 Å². The van der Waals surface area contributed by atoms with Gasteiger partial charge in [0.15, 0.2) is 0 Å². The molecule has 0 radical (unpaired) electrons. The quantitative estimate of drug-likeness (QED) is 0.654. The molecular formula is C18H27ClO. The highest BCUT2D eigenvalue weighted by molar-refractivity contribution is 6.21. The molecule has 1 heterocycles. The van der Waals surface area contributed by atoms with Gasteiger partial charge in [0.2, 0.25) is 0 Å². The number of rotatable bonds is 5. The van der Waals surface area contributed by atoms with Crippen molar-refractivity contribution >= 4 is 11.6 Å². The van der Waals surface area contributed by atoms with Gasteiger partial charge in [-0.3, -0.25) is 0 Å². The average Bonchev–Trinajstić information content (AvgIpc) is 2.95. The smallest absolute Gasteiger partial charge is 0.0639 e. The minimum atomic E-state index is 0.0706. The van der Waals surface area contributed by atoms with Gasteiger partial charge in [0, 0.05) is 12.5 Å². The topological polar surface area (TPSA) is 9.23 Å². The first kappa shape index (κ1) is 15.9. The number of alkyl halides is 1. The zero-order chi connectivity index (χ0) is 14.8. The van der Waals surface area contributed by atoms with Crippen molar-refractivity contribution in [3.8, 4) is 0 Å². The summed E-state index contributed by atoms with van der Waals surface area (Å²) < 4.78 is 5.77. The van der Waals surface area contributed by atoms with E-state index in [0.717, 1.165) is 25.9 Å². The fourth-order valence-corrected chi connectivity index (χ4v) is 3.42. The molecule has 1 aromatic carbocycles. The highest BCUT2D eigenvalue weighted by Gasteiger charge is 2.33. The van der Waals surface area contributed by atoms with Crippen molar-refractivity contribution in [1.82, 2.24) is 0 Å². The number of benzene rings is 1. The molecule has 3 unspecified atom stereocenters. The Balaban J connectivity index is 2.13. The van der Waals surface area contributed by atoms with Gasteiger partial charge >= 0.3 is 0 Å². The van der Waals surface area contributed by atoms with Crippen LogP contribution in [0.25, 0.3) is 0 Å². The summed E-state index contributed by atoms with van der Waals surface area (Å²) >= 11 is 6.71. The summed E-state index contributed by atoms with van der Waals surface area (Å²) in [5, 5.41) is 0.0706. The molecule has 20 heavy (non-hydrogen) atoms. The zero-order valence-electron chi connectivity index (χ0n) is 13.2. The molecule has 1 nitrogen and oxygen atoms in total. The first-order valence-corrected chi connectivity index (χ1v) is 8.29. The van der Waals surface area contributed by atoms with E-state index in [1.807, 2.05) is 0 Å². The molecule has 0 bridgehead atoms. The van der Waals surface area contributed by atoms with Crippen molar-refractivity contribution < 1.29 is 4.74 Å². The summed E-state index contributed by atoms with van der Waals surface area (Å²) in [6, 6.07) is 8.89. The molecule has 112 valence electrons. The van der Waals surface area contributed by atoms with Crippen LogP contribution in [0.4, 0.5) is 0 Å². The molecule has 0 aromatic heterocycles. The van der Waals surface area contributed by atoms with E-state index >= 15 is 0 Å². The Kier molecular flexibility index (Phi) is 5.14. The Morgan fingerprint density at radius 1 is 1.25 bits per heavy atom. The minimum absolute atomic E-state index is 0.0706. The number of ether oxygens (including phenoxy) is 1. The molecule has 2 rings (SSSR count). The maximum atomic E-state index is 6.71. The summed E-state index contributed by atoms with van der Waals surface area (Å²) in [6.45, 7) is 9.85. The second-order valence-electron chi connectivity index (χ2n) is 6.53. The number of halogens is 1. The SMILES string of the molecule is CCC1OCCC1C(Cl)c1ccc(C(C)(C)CC)cc1. The second-order valence-corrected chi connectivity index (χ2v) is 7.00. The average molecular weight is 295 g/mol. The van der Waals surface area contributed by atoms with Crippen molar-refractivity contribution in [3.05, 3.63) is 35.4 Å². The predicted octanol–water partition coefficient (Wildman–Crippen LogP) is 5.47. The van der Waals surface area contributed by atoms with Crippen molar-refractivity contribution in [2.24, 2.45) is 5.92 Å². The molecule has 0 spiro atoms. The van der Waals surface area contributed by atoms with E-state index in [0.29, 0.717) is 12.0 Å². The first-order valence-electron chi connectivity index (χ1n) is 7.85. The molecule has 0 aliphatic carbocycles. The second kappa shape index (κ2) is 6.49. The van der Waals surface area contributed by atoms with Gasteiger partial charge < -0.3 is 4.74 Å². The van der Waals surface area contributed by atoms with E-state index in [4.69, 9.17) is 16.3 Å². The van der Waals surface area contributed by atoms with Crippen LogP contribution in [0.1, 0.15) is 63.5 Å². The normalized spacial score (nSPS) is 24.9. The van der Waals surface area contributed by atoms with Crippen LogP contribution in [0.2, 0.25) is 0 Å². The van der Waals surface area contributed by atoms with Crippen molar-refractivity contribution in [1.29, 1.82) is 0 Å². The van der Waals surface area contributed by atoms with Crippen molar-refractivity contribution in [2.75, 3.05) is 6.61 Å². The van der Waals surface area contributed by atoms with E-state index < -0.39 is 0 Å². The lowest BCUT2D eigenvalue weighted by Crippen LogP contribution is -2.19. The molecule has 0 saturated carbocycles. The van der Waals surface area contributed by atoms with Gasteiger partial charge in [-0.2, -0.15) is 0 Å². The minimum Gasteiger partial charge on any atom is -0.378 e. The summed E-state index contributed by atoms with van der Waals surface area (Å²) in [5.41, 5.74) is 2.86. The molecule has 0 amide bonds. The third-order valence-corrected chi connectivity index (χ3v) is 5.51. The van der Waals surface area contributed by atoms with Gasteiger partial charge in [-0.25, -0.2) is 0 Å².